The molecule has 1 nitrogen and oxygen atoms in total. The van der Waals surface area contributed by atoms with Crippen molar-refractivity contribution in [2.75, 3.05) is 0 Å². The van der Waals surface area contributed by atoms with Gasteiger partial charge in [0.1, 0.15) is 5.78 Å². The number of fused-ring (bicyclic) bond motifs is 2. The van der Waals surface area contributed by atoms with E-state index in [0.29, 0.717) is 5.78 Å². The Kier molecular flexibility index (Phi) is 2.44. The van der Waals surface area contributed by atoms with Crippen LogP contribution in [0.2, 0.25) is 0 Å². The van der Waals surface area contributed by atoms with Gasteiger partial charge in [-0.3, -0.25) is 4.79 Å². The van der Waals surface area contributed by atoms with Gasteiger partial charge >= 0.3 is 0 Å². The van der Waals surface area contributed by atoms with E-state index < -0.39 is 0 Å². The van der Waals surface area contributed by atoms with Crippen LogP contribution >= 0.6 is 0 Å². The Balaban J connectivity index is 2.21. The molecule has 0 spiro atoms. The lowest BCUT2D eigenvalue weighted by atomic mass is 9.92. The summed E-state index contributed by atoms with van der Waals surface area (Å²) < 4.78 is 0. The maximum atomic E-state index is 11.3. The summed E-state index contributed by atoms with van der Waals surface area (Å²) in [5.74, 6) is 0.415. The van der Waals surface area contributed by atoms with Gasteiger partial charge in [-0.25, -0.2) is 0 Å². The molecule has 0 aromatic carbocycles. The zero-order chi connectivity index (χ0) is 9.10. The van der Waals surface area contributed by atoms with E-state index >= 15 is 0 Å². The van der Waals surface area contributed by atoms with Crippen LogP contribution in [-0.4, -0.2) is 5.78 Å². The van der Waals surface area contributed by atoms with E-state index in [9.17, 15) is 4.79 Å². The quantitative estimate of drug-likeness (QED) is 0.551. The largest absolute Gasteiger partial charge is 0.300 e. The Morgan fingerprint density at radius 2 is 1.38 bits per heavy atom. The van der Waals surface area contributed by atoms with Gasteiger partial charge in [0.15, 0.2) is 0 Å². The minimum absolute atomic E-state index is 0.415. The summed E-state index contributed by atoms with van der Waals surface area (Å²) >= 11 is 0. The van der Waals surface area contributed by atoms with Gasteiger partial charge in [0.25, 0.3) is 0 Å². The highest BCUT2D eigenvalue weighted by Gasteiger charge is 2.12. The molecule has 0 aliphatic heterocycles. The van der Waals surface area contributed by atoms with E-state index in [0.717, 1.165) is 32.1 Å². The van der Waals surface area contributed by atoms with Gasteiger partial charge in [0, 0.05) is 12.8 Å². The molecular weight excluding hydrogens is 160 g/mol. The van der Waals surface area contributed by atoms with Crippen LogP contribution in [0.5, 0.6) is 0 Å². The van der Waals surface area contributed by atoms with Crippen molar-refractivity contribution in [3.05, 3.63) is 35.5 Å². The Bertz CT molecular complexity index is 277. The van der Waals surface area contributed by atoms with E-state index in [-0.39, 0.29) is 0 Å². The Hall–Kier alpha value is -1.11. The highest BCUT2D eigenvalue weighted by atomic mass is 16.1. The average molecular weight is 174 g/mol. The third kappa shape index (κ3) is 2.18. The van der Waals surface area contributed by atoms with E-state index in [2.05, 4.69) is 24.3 Å². The number of hydrogen-bond acceptors (Lipinski definition) is 1. The smallest absolute Gasteiger partial charge is 0.133 e. The molecule has 2 rings (SSSR count). The number of allylic oxidation sites excluding steroid dienone is 6. The molecule has 0 aromatic rings. The Labute approximate surface area is 78.8 Å². The van der Waals surface area contributed by atoms with Gasteiger partial charge in [-0.2, -0.15) is 0 Å². The van der Waals surface area contributed by atoms with Crippen molar-refractivity contribution in [3.63, 3.8) is 0 Å². The van der Waals surface area contributed by atoms with Crippen LogP contribution in [-0.2, 0) is 4.79 Å². The number of Topliss-reactive ketones (excluding diaryl/α,β-unsaturated/α-hetero) is 1. The fourth-order valence-corrected chi connectivity index (χ4v) is 1.86. The van der Waals surface area contributed by atoms with Crippen LogP contribution in [0, 0.1) is 0 Å². The van der Waals surface area contributed by atoms with Crippen molar-refractivity contribution < 1.29 is 4.79 Å². The van der Waals surface area contributed by atoms with Crippen molar-refractivity contribution in [3.8, 4) is 0 Å². The first kappa shape index (κ1) is 8.49. The molecule has 1 heteroatoms. The van der Waals surface area contributed by atoms with Gasteiger partial charge in [-0.1, -0.05) is 35.5 Å². The molecule has 0 atom stereocenters. The second-order valence-electron chi connectivity index (χ2n) is 3.75. The number of carbonyl (C=O) groups is 1. The Morgan fingerprint density at radius 3 is 1.92 bits per heavy atom. The van der Waals surface area contributed by atoms with Crippen LogP contribution in [0.4, 0.5) is 0 Å². The summed E-state index contributed by atoms with van der Waals surface area (Å²) in [6, 6.07) is 0. The molecule has 68 valence electrons. The second-order valence-corrected chi connectivity index (χ2v) is 3.75. The maximum absolute atomic E-state index is 11.3. The minimum Gasteiger partial charge on any atom is -0.300 e. The lowest BCUT2D eigenvalue weighted by molar-refractivity contribution is -0.119. The van der Waals surface area contributed by atoms with Gasteiger partial charge in [0.05, 0.1) is 0 Å². The van der Waals surface area contributed by atoms with Crippen LogP contribution in [0.25, 0.3) is 0 Å². The van der Waals surface area contributed by atoms with E-state index in [1.807, 2.05) is 0 Å². The normalized spacial score (nSPS) is 22.6. The summed E-state index contributed by atoms with van der Waals surface area (Å²) in [6.45, 7) is 0. The van der Waals surface area contributed by atoms with Gasteiger partial charge in [0.2, 0.25) is 0 Å². The third-order valence-electron chi connectivity index (χ3n) is 2.68. The standard InChI is InChI=1S/C12H14O/c13-12-7-5-10-3-1-2-4-11(9-10)6-8-12/h1-4H,5-9H2. The lowest BCUT2D eigenvalue weighted by Crippen LogP contribution is -2.04. The molecule has 2 aliphatic rings. The predicted octanol–water partition coefficient (Wildman–Crippen LogP) is 2.94. The van der Waals surface area contributed by atoms with Crippen molar-refractivity contribution in [1.29, 1.82) is 0 Å². The molecule has 0 unspecified atom stereocenters. The van der Waals surface area contributed by atoms with Crippen molar-refractivity contribution in [1.82, 2.24) is 0 Å². The summed E-state index contributed by atoms with van der Waals surface area (Å²) in [6.07, 6.45) is 13.0. The first-order valence-corrected chi connectivity index (χ1v) is 4.90. The monoisotopic (exact) mass is 174 g/mol. The summed E-state index contributed by atoms with van der Waals surface area (Å²) in [5.41, 5.74) is 2.82. The molecule has 0 N–H and O–H groups in total. The molecule has 0 radical (unpaired) electrons. The number of ketones is 1. The topological polar surface area (TPSA) is 17.1 Å². The van der Waals surface area contributed by atoms with E-state index in [4.69, 9.17) is 0 Å². The van der Waals surface area contributed by atoms with Gasteiger partial charge < -0.3 is 0 Å². The molecule has 13 heavy (non-hydrogen) atoms. The molecule has 1 saturated carbocycles. The molecule has 0 aromatic heterocycles. The zero-order valence-corrected chi connectivity index (χ0v) is 7.75. The highest BCUT2D eigenvalue weighted by Crippen LogP contribution is 2.25. The number of carbonyl (C=O) groups excluding carboxylic acids is 1. The summed E-state index contributed by atoms with van der Waals surface area (Å²) in [7, 11) is 0. The molecule has 0 heterocycles. The molecule has 1 fully saturated rings. The Morgan fingerprint density at radius 1 is 0.846 bits per heavy atom. The molecule has 0 saturated heterocycles. The molecule has 2 aliphatic carbocycles. The van der Waals surface area contributed by atoms with Gasteiger partial charge in [-0.05, 0) is 19.3 Å². The van der Waals surface area contributed by atoms with Crippen LogP contribution < -0.4 is 0 Å². The van der Waals surface area contributed by atoms with Crippen LogP contribution in [0.15, 0.2) is 35.5 Å². The van der Waals surface area contributed by atoms with E-state index in [1.54, 1.807) is 0 Å². The van der Waals surface area contributed by atoms with Crippen molar-refractivity contribution in [2.45, 2.75) is 32.1 Å². The lowest BCUT2D eigenvalue weighted by Gasteiger charge is -2.13. The first-order chi connectivity index (χ1) is 6.34. The number of rotatable bonds is 0. The third-order valence-corrected chi connectivity index (χ3v) is 2.68. The number of hydrogen-bond donors (Lipinski definition) is 0. The molecule has 0 amide bonds. The SMILES string of the molecule is O=C1CCC2=CC=CC=C(CC1)C2. The minimum atomic E-state index is 0.415. The average Bonchev–Trinajstić information content (AvgIpc) is 2.35. The first-order valence-electron chi connectivity index (χ1n) is 4.90. The molecular formula is C12H14O. The summed E-state index contributed by atoms with van der Waals surface area (Å²) in [5, 5.41) is 0. The van der Waals surface area contributed by atoms with Crippen molar-refractivity contribution >= 4 is 5.78 Å². The highest BCUT2D eigenvalue weighted by molar-refractivity contribution is 5.79. The maximum Gasteiger partial charge on any atom is 0.133 e. The second kappa shape index (κ2) is 3.73. The fraction of sp³-hybridized carbons (Fsp3) is 0.417. The predicted molar refractivity (Wildman–Crippen MR) is 53.4 cm³/mol. The molecule has 2 bridgehead atoms. The van der Waals surface area contributed by atoms with E-state index in [1.165, 1.54) is 11.1 Å². The zero-order valence-electron chi connectivity index (χ0n) is 7.75. The van der Waals surface area contributed by atoms with Crippen LogP contribution in [0.3, 0.4) is 0 Å². The summed E-state index contributed by atoms with van der Waals surface area (Å²) in [4.78, 5) is 11.3. The van der Waals surface area contributed by atoms with Crippen LogP contribution in [0.1, 0.15) is 32.1 Å². The fourth-order valence-electron chi connectivity index (χ4n) is 1.86. The van der Waals surface area contributed by atoms with Gasteiger partial charge in [-0.15, -0.1) is 0 Å². The van der Waals surface area contributed by atoms with Crippen molar-refractivity contribution in [2.24, 2.45) is 0 Å².